The second-order valence-corrected chi connectivity index (χ2v) is 5.35. The van der Waals surface area contributed by atoms with Crippen molar-refractivity contribution >= 4 is 0 Å². The molecule has 0 heterocycles. The lowest BCUT2D eigenvalue weighted by molar-refractivity contribution is -0.113. The van der Waals surface area contributed by atoms with Crippen molar-refractivity contribution in [2.75, 3.05) is 0 Å². The van der Waals surface area contributed by atoms with Crippen LogP contribution in [0.5, 0.6) is 0 Å². The third kappa shape index (κ3) is 1.03. The Labute approximate surface area is 77.7 Å². The molecular formula is C12H24. The quantitative estimate of drug-likeness (QED) is 0.585. The molecule has 1 fully saturated rings. The molecule has 0 aromatic heterocycles. The van der Waals surface area contributed by atoms with Gasteiger partial charge in [-0.05, 0) is 35.5 Å². The highest BCUT2D eigenvalue weighted by Crippen LogP contribution is 2.60. The van der Waals surface area contributed by atoms with Crippen molar-refractivity contribution < 1.29 is 0 Å². The third-order valence-corrected chi connectivity index (χ3v) is 4.41. The SMILES string of the molecule is CC(C)C1(C(C)C)C(C)CC1C. The Morgan fingerprint density at radius 3 is 1.33 bits per heavy atom. The predicted molar refractivity (Wildman–Crippen MR) is 55.1 cm³/mol. The summed E-state index contributed by atoms with van der Waals surface area (Å²) in [6.45, 7) is 14.4. The third-order valence-electron chi connectivity index (χ3n) is 4.41. The van der Waals surface area contributed by atoms with Crippen LogP contribution >= 0.6 is 0 Å². The van der Waals surface area contributed by atoms with E-state index in [2.05, 4.69) is 41.5 Å². The van der Waals surface area contributed by atoms with Gasteiger partial charge in [-0.1, -0.05) is 41.5 Å². The first-order chi connectivity index (χ1) is 5.44. The molecule has 0 radical (unpaired) electrons. The smallest absolute Gasteiger partial charge is 0.0200 e. The van der Waals surface area contributed by atoms with E-state index in [1.807, 2.05) is 0 Å². The molecule has 72 valence electrons. The van der Waals surface area contributed by atoms with Crippen molar-refractivity contribution in [3.05, 3.63) is 0 Å². The van der Waals surface area contributed by atoms with Gasteiger partial charge in [-0.25, -0.2) is 0 Å². The Hall–Kier alpha value is 0. The van der Waals surface area contributed by atoms with Gasteiger partial charge in [0.05, 0.1) is 0 Å². The lowest BCUT2D eigenvalue weighted by atomic mass is 9.45. The van der Waals surface area contributed by atoms with Gasteiger partial charge < -0.3 is 0 Å². The Morgan fingerprint density at radius 2 is 1.25 bits per heavy atom. The molecule has 0 bridgehead atoms. The molecule has 0 amide bonds. The minimum atomic E-state index is 0.639. The van der Waals surface area contributed by atoms with E-state index in [-0.39, 0.29) is 0 Å². The molecule has 1 aliphatic rings. The second kappa shape index (κ2) is 3.05. The van der Waals surface area contributed by atoms with E-state index in [0.717, 1.165) is 23.7 Å². The average molecular weight is 168 g/mol. The van der Waals surface area contributed by atoms with Gasteiger partial charge in [0.2, 0.25) is 0 Å². The van der Waals surface area contributed by atoms with Crippen LogP contribution in [0.3, 0.4) is 0 Å². The summed E-state index contributed by atoms with van der Waals surface area (Å²) >= 11 is 0. The molecule has 0 saturated heterocycles. The first-order valence-electron chi connectivity index (χ1n) is 5.44. The van der Waals surface area contributed by atoms with Crippen LogP contribution in [0.4, 0.5) is 0 Å². The van der Waals surface area contributed by atoms with Crippen LogP contribution in [0.2, 0.25) is 0 Å². The summed E-state index contributed by atoms with van der Waals surface area (Å²) in [4.78, 5) is 0. The molecule has 12 heavy (non-hydrogen) atoms. The molecule has 0 N–H and O–H groups in total. The van der Waals surface area contributed by atoms with Gasteiger partial charge in [-0.3, -0.25) is 0 Å². The van der Waals surface area contributed by atoms with Crippen molar-refractivity contribution in [2.24, 2.45) is 29.1 Å². The molecule has 0 aliphatic heterocycles. The zero-order valence-electron chi connectivity index (χ0n) is 9.52. The molecular weight excluding hydrogens is 144 g/mol. The van der Waals surface area contributed by atoms with Crippen LogP contribution in [0.1, 0.15) is 48.0 Å². The van der Waals surface area contributed by atoms with Crippen molar-refractivity contribution in [1.82, 2.24) is 0 Å². The van der Waals surface area contributed by atoms with E-state index in [9.17, 15) is 0 Å². The zero-order chi connectivity index (χ0) is 9.52. The van der Waals surface area contributed by atoms with Gasteiger partial charge >= 0.3 is 0 Å². The topological polar surface area (TPSA) is 0 Å². The average Bonchev–Trinajstić information content (AvgIpc) is 1.84. The normalized spacial score (nSPS) is 34.0. The summed E-state index contributed by atoms with van der Waals surface area (Å²) in [5.41, 5.74) is 0.639. The van der Waals surface area contributed by atoms with E-state index >= 15 is 0 Å². The molecule has 0 nitrogen and oxygen atoms in total. The maximum atomic E-state index is 2.43. The van der Waals surface area contributed by atoms with Gasteiger partial charge in [0.1, 0.15) is 0 Å². The van der Waals surface area contributed by atoms with Crippen molar-refractivity contribution in [3.8, 4) is 0 Å². The monoisotopic (exact) mass is 168 g/mol. The Morgan fingerprint density at radius 1 is 0.917 bits per heavy atom. The van der Waals surface area contributed by atoms with Gasteiger partial charge in [-0.2, -0.15) is 0 Å². The van der Waals surface area contributed by atoms with E-state index in [1.165, 1.54) is 6.42 Å². The number of hydrogen-bond donors (Lipinski definition) is 0. The zero-order valence-corrected chi connectivity index (χ0v) is 9.52. The van der Waals surface area contributed by atoms with Gasteiger partial charge in [-0.15, -0.1) is 0 Å². The van der Waals surface area contributed by atoms with E-state index < -0.39 is 0 Å². The standard InChI is InChI=1S/C12H24/c1-8(2)12(9(3)4)10(5)7-11(12)6/h8-11H,7H2,1-6H3. The molecule has 2 atom stereocenters. The highest BCUT2D eigenvalue weighted by Gasteiger charge is 2.53. The van der Waals surface area contributed by atoms with E-state index in [0.29, 0.717) is 5.41 Å². The molecule has 0 aromatic carbocycles. The first kappa shape index (κ1) is 10.1. The summed E-state index contributed by atoms with van der Waals surface area (Å²) in [5.74, 6) is 3.56. The Kier molecular flexibility index (Phi) is 2.56. The highest BCUT2D eigenvalue weighted by atomic mass is 14.6. The Balaban J connectivity index is 2.86. The molecule has 0 spiro atoms. The maximum Gasteiger partial charge on any atom is -0.0200 e. The fourth-order valence-electron chi connectivity index (χ4n) is 4.21. The van der Waals surface area contributed by atoms with Gasteiger partial charge in [0.15, 0.2) is 0 Å². The van der Waals surface area contributed by atoms with Crippen LogP contribution < -0.4 is 0 Å². The molecule has 0 aromatic rings. The summed E-state index contributed by atoms with van der Waals surface area (Å²) in [7, 11) is 0. The molecule has 1 rings (SSSR count). The summed E-state index contributed by atoms with van der Waals surface area (Å²) in [6, 6.07) is 0. The van der Waals surface area contributed by atoms with Crippen LogP contribution in [0, 0.1) is 29.1 Å². The van der Waals surface area contributed by atoms with Crippen LogP contribution in [0.25, 0.3) is 0 Å². The summed E-state index contributed by atoms with van der Waals surface area (Å²) in [6.07, 6.45) is 1.44. The first-order valence-corrected chi connectivity index (χ1v) is 5.44. The van der Waals surface area contributed by atoms with Gasteiger partial charge in [0.25, 0.3) is 0 Å². The summed E-state index contributed by atoms with van der Waals surface area (Å²) in [5, 5.41) is 0. The van der Waals surface area contributed by atoms with Crippen LogP contribution in [-0.4, -0.2) is 0 Å². The minimum Gasteiger partial charge on any atom is -0.0622 e. The molecule has 0 heteroatoms. The molecule has 2 unspecified atom stereocenters. The van der Waals surface area contributed by atoms with E-state index in [4.69, 9.17) is 0 Å². The minimum absolute atomic E-state index is 0.639. The molecule has 1 aliphatic carbocycles. The van der Waals surface area contributed by atoms with Crippen molar-refractivity contribution in [3.63, 3.8) is 0 Å². The van der Waals surface area contributed by atoms with Crippen LogP contribution in [-0.2, 0) is 0 Å². The van der Waals surface area contributed by atoms with Gasteiger partial charge in [0, 0.05) is 0 Å². The fraction of sp³-hybridized carbons (Fsp3) is 1.00. The fourth-order valence-corrected chi connectivity index (χ4v) is 4.21. The molecule has 1 saturated carbocycles. The van der Waals surface area contributed by atoms with E-state index in [1.54, 1.807) is 0 Å². The predicted octanol–water partition coefficient (Wildman–Crippen LogP) is 3.96. The van der Waals surface area contributed by atoms with Crippen LogP contribution in [0.15, 0.2) is 0 Å². The number of rotatable bonds is 2. The number of hydrogen-bond acceptors (Lipinski definition) is 0. The second-order valence-electron chi connectivity index (χ2n) is 5.35. The lowest BCUT2D eigenvalue weighted by Crippen LogP contribution is -2.53. The van der Waals surface area contributed by atoms with Crippen molar-refractivity contribution in [1.29, 1.82) is 0 Å². The highest BCUT2D eigenvalue weighted by molar-refractivity contribution is 5.01. The van der Waals surface area contributed by atoms with Crippen molar-refractivity contribution in [2.45, 2.75) is 48.0 Å². The lowest BCUT2D eigenvalue weighted by Gasteiger charge is -2.60. The Bertz CT molecular complexity index is 124. The largest absolute Gasteiger partial charge is 0.0622 e. The maximum absolute atomic E-state index is 2.43. The summed E-state index contributed by atoms with van der Waals surface area (Å²) < 4.78 is 0.